The molecular formula is C26H35N3O2. The molecule has 0 fully saturated rings. The number of anilines is 1. The Hall–Kier alpha value is -2.56. The van der Waals surface area contributed by atoms with Crippen molar-refractivity contribution in [3.63, 3.8) is 0 Å². The number of rotatable bonds is 8. The lowest BCUT2D eigenvalue weighted by Gasteiger charge is -2.31. The molecule has 1 aromatic carbocycles. The van der Waals surface area contributed by atoms with E-state index in [0.717, 1.165) is 76.9 Å². The fourth-order valence-corrected chi connectivity index (χ4v) is 4.19. The Morgan fingerprint density at radius 3 is 2.81 bits per heavy atom. The molecule has 5 heteroatoms. The standard InChI is InChI=1S/C26H35N3O2/c1-5-6-7-10-27-20-15-24-21(14-19(20)4)28-22-16-26-23(17-25(22)31-24)29(12-13-30-26)11-8-9-18(2)3/h14-18H,5-13H2,1-4H3. The van der Waals surface area contributed by atoms with Crippen molar-refractivity contribution in [3.05, 3.63) is 35.2 Å². The van der Waals surface area contributed by atoms with Crippen LogP contribution in [0.25, 0.3) is 22.6 Å². The maximum atomic E-state index is 6.32. The summed E-state index contributed by atoms with van der Waals surface area (Å²) in [6.45, 7) is 12.4. The van der Waals surface area contributed by atoms with Crippen molar-refractivity contribution in [2.45, 2.75) is 59.8 Å². The Balaban J connectivity index is 1.68. The van der Waals surface area contributed by atoms with Gasteiger partial charge in [-0.1, -0.05) is 33.6 Å². The summed E-state index contributed by atoms with van der Waals surface area (Å²) in [6, 6.07) is 8.25. The molecule has 2 heterocycles. The lowest BCUT2D eigenvalue weighted by atomic mass is 10.1. The second kappa shape index (κ2) is 9.71. The van der Waals surface area contributed by atoms with E-state index >= 15 is 0 Å². The molecule has 0 spiro atoms. The van der Waals surface area contributed by atoms with Crippen molar-refractivity contribution in [1.29, 1.82) is 0 Å². The molecule has 1 aromatic rings. The van der Waals surface area contributed by atoms with Crippen LogP contribution in [-0.4, -0.2) is 31.2 Å². The first-order valence-corrected chi connectivity index (χ1v) is 11.8. The average molecular weight is 422 g/mol. The quantitative estimate of drug-likeness (QED) is 0.332. The van der Waals surface area contributed by atoms with Crippen LogP contribution in [0, 0.1) is 12.8 Å². The summed E-state index contributed by atoms with van der Waals surface area (Å²) in [5.41, 5.74) is 4.75. The molecule has 0 bridgehead atoms. The zero-order valence-electron chi connectivity index (χ0n) is 19.4. The van der Waals surface area contributed by atoms with Gasteiger partial charge in [-0.3, -0.25) is 4.99 Å². The molecule has 2 aliphatic heterocycles. The van der Waals surface area contributed by atoms with Gasteiger partial charge < -0.3 is 14.1 Å². The fraction of sp³-hybridized carbons (Fsp3) is 0.538. The Morgan fingerprint density at radius 2 is 2.00 bits per heavy atom. The number of nitrogens with zero attached hydrogens (tertiary/aromatic N) is 3. The largest absolute Gasteiger partial charge is 0.489 e. The summed E-state index contributed by atoms with van der Waals surface area (Å²) in [6.07, 6.45) is 5.97. The van der Waals surface area contributed by atoms with Gasteiger partial charge in [-0.05, 0) is 43.7 Å². The van der Waals surface area contributed by atoms with Gasteiger partial charge in [0.25, 0.3) is 0 Å². The molecule has 3 aliphatic rings. The highest BCUT2D eigenvalue weighted by Gasteiger charge is 2.21. The summed E-state index contributed by atoms with van der Waals surface area (Å²) in [5, 5.41) is 1.00. The van der Waals surface area contributed by atoms with Crippen LogP contribution >= 0.6 is 0 Å². The number of unbranched alkanes of at least 4 members (excludes halogenated alkanes) is 2. The van der Waals surface area contributed by atoms with Crippen LogP contribution in [0.3, 0.4) is 0 Å². The van der Waals surface area contributed by atoms with Crippen molar-refractivity contribution in [2.75, 3.05) is 31.1 Å². The van der Waals surface area contributed by atoms with Crippen molar-refractivity contribution < 1.29 is 9.15 Å². The number of aryl methyl sites for hydroxylation is 1. The van der Waals surface area contributed by atoms with Crippen LogP contribution in [0.4, 0.5) is 5.69 Å². The molecule has 0 saturated heterocycles. The van der Waals surface area contributed by atoms with Gasteiger partial charge in [0, 0.05) is 31.3 Å². The lowest BCUT2D eigenvalue weighted by Crippen LogP contribution is -2.33. The Labute approximate surface area is 185 Å². The van der Waals surface area contributed by atoms with Gasteiger partial charge in [-0.25, -0.2) is 4.98 Å². The van der Waals surface area contributed by atoms with E-state index in [2.05, 4.69) is 44.7 Å². The maximum Gasteiger partial charge on any atom is 0.155 e. The molecule has 0 amide bonds. The van der Waals surface area contributed by atoms with Crippen molar-refractivity contribution in [1.82, 2.24) is 4.98 Å². The molecule has 0 saturated carbocycles. The SMILES string of the molecule is CCCCCN=c1cc2oc3cc4c(cc3nc-2cc1C)OCCN4CCCC(C)C. The summed E-state index contributed by atoms with van der Waals surface area (Å²) in [7, 11) is 0. The van der Waals surface area contributed by atoms with Crippen LogP contribution in [0.2, 0.25) is 0 Å². The van der Waals surface area contributed by atoms with Gasteiger partial charge in [-0.2, -0.15) is 0 Å². The van der Waals surface area contributed by atoms with E-state index in [1.165, 1.54) is 25.7 Å². The Kier molecular flexibility index (Phi) is 6.79. The minimum absolute atomic E-state index is 0.715. The van der Waals surface area contributed by atoms with Gasteiger partial charge >= 0.3 is 0 Å². The van der Waals surface area contributed by atoms with E-state index in [0.29, 0.717) is 6.61 Å². The highest BCUT2D eigenvalue weighted by atomic mass is 16.5. The predicted octanol–water partition coefficient (Wildman–Crippen LogP) is 5.97. The molecular weight excluding hydrogens is 386 g/mol. The van der Waals surface area contributed by atoms with Crippen LogP contribution < -0.4 is 15.0 Å². The monoisotopic (exact) mass is 421 g/mol. The van der Waals surface area contributed by atoms with Gasteiger partial charge in [0.15, 0.2) is 11.3 Å². The maximum absolute atomic E-state index is 6.32. The fourth-order valence-electron chi connectivity index (χ4n) is 4.19. The molecule has 166 valence electrons. The number of fused-ring (bicyclic) bond motifs is 3. The summed E-state index contributed by atoms with van der Waals surface area (Å²) >= 11 is 0. The summed E-state index contributed by atoms with van der Waals surface area (Å²) < 4.78 is 12.3. The van der Waals surface area contributed by atoms with E-state index in [4.69, 9.17) is 19.1 Å². The molecule has 0 N–H and O–H groups in total. The first-order valence-electron chi connectivity index (χ1n) is 11.8. The second-order valence-electron chi connectivity index (χ2n) is 9.07. The summed E-state index contributed by atoms with van der Waals surface area (Å²) in [5.74, 6) is 2.42. The molecule has 0 atom stereocenters. The first-order chi connectivity index (χ1) is 15.0. The third-order valence-electron chi connectivity index (χ3n) is 5.99. The van der Waals surface area contributed by atoms with Crippen molar-refractivity contribution in [2.24, 2.45) is 10.9 Å². The van der Waals surface area contributed by atoms with E-state index < -0.39 is 0 Å². The topological polar surface area (TPSA) is 50.9 Å². The van der Waals surface area contributed by atoms with Gasteiger partial charge in [0.2, 0.25) is 0 Å². The van der Waals surface area contributed by atoms with E-state index in [1.807, 2.05) is 12.1 Å². The molecule has 5 nitrogen and oxygen atoms in total. The third kappa shape index (κ3) is 5.03. The van der Waals surface area contributed by atoms with Gasteiger partial charge in [0.05, 0.1) is 17.6 Å². The lowest BCUT2D eigenvalue weighted by molar-refractivity contribution is 0.306. The zero-order chi connectivity index (χ0) is 21.8. The molecule has 1 aliphatic carbocycles. The highest BCUT2D eigenvalue weighted by molar-refractivity contribution is 5.84. The van der Waals surface area contributed by atoms with Crippen molar-refractivity contribution in [3.8, 4) is 17.2 Å². The van der Waals surface area contributed by atoms with E-state index in [-0.39, 0.29) is 0 Å². The number of hydrogen-bond donors (Lipinski definition) is 0. The third-order valence-corrected chi connectivity index (χ3v) is 5.99. The second-order valence-corrected chi connectivity index (χ2v) is 9.07. The molecule has 0 unspecified atom stereocenters. The van der Waals surface area contributed by atoms with Crippen molar-refractivity contribution >= 4 is 16.8 Å². The number of benzene rings is 2. The zero-order valence-corrected chi connectivity index (χ0v) is 19.4. The smallest absolute Gasteiger partial charge is 0.155 e. The molecule has 0 aromatic heterocycles. The predicted molar refractivity (Wildman–Crippen MR) is 127 cm³/mol. The van der Waals surface area contributed by atoms with Gasteiger partial charge in [-0.15, -0.1) is 0 Å². The Morgan fingerprint density at radius 1 is 1.13 bits per heavy atom. The molecule has 31 heavy (non-hydrogen) atoms. The minimum atomic E-state index is 0.715. The van der Waals surface area contributed by atoms with Crippen LogP contribution in [0.5, 0.6) is 5.75 Å². The normalized spacial score (nSPS) is 14.5. The first kappa shape index (κ1) is 21.7. The van der Waals surface area contributed by atoms with Crippen LogP contribution in [0.1, 0.15) is 58.4 Å². The van der Waals surface area contributed by atoms with Crippen LogP contribution in [-0.2, 0) is 0 Å². The van der Waals surface area contributed by atoms with E-state index in [1.54, 1.807) is 0 Å². The average Bonchev–Trinajstić information content (AvgIpc) is 2.74. The number of ether oxygens (including phenoxy) is 1. The Bertz CT molecular complexity index is 1070. The van der Waals surface area contributed by atoms with Gasteiger partial charge in [0.1, 0.15) is 23.6 Å². The molecule has 4 rings (SSSR count). The minimum Gasteiger partial charge on any atom is -0.489 e. The highest BCUT2D eigenvalue weighted by Crippen LogP contribution is 2.37. The van der Waals surface area contributed by atoms with Crippen LogP contribution in [0.15, 0.2) is 33.7 Å². The number of hydrogen-bond acceptors (Lipinski definition) is 5. The number of aromatic nitrogens is 1. The van der Waals surface area contributed by atoms with E-state index in [9.17, 15) is 0 Å². The summed E-state index contributed by atoms with van der Waals surface area (Å²) in [4.78, 5) is 12.1. The molecule has 0 radical (unpaired) electrons.